The molecular weight excluding hydrogens is 482 g/mol. The fourth-order valence-electron chi connectivity index (χ4n) is 6.08. The van der Waals surface area contributed by atoms with Crippen LogP contribution in [0.5, 0.6) is 0 Å². The van der Waals surface area contributed by atoms with E-state index in [0.29, 0.717) is 0 Å². The molecule has 0 aromatic heterocycles. The van der Waals surface area contributed by atoms with Crippen LogP contribution in [0.4, 0.5) is 0 Å². The van der Waals surface area contributed by atoms with Gasteiger partial charge >= 0.3 is 0 Å². The first-order valence-electron chi connectivity index (χ1n) is 16.4. The minimum atomic E-state index is 1.08. The number of hydrogen-bond donors (Lipinski definition) is 0. The van der Waals surface area contributed by atoms with E-state index in [0.717, 1.165) is 24.1 Å². The Morgan fingerprint density at radius 1 is 0.425 bits per heavy atom. The number of benzene rings is 3. The SMILES string of the molecule is CC/C=C/CCCCCCCCCCCCCC[N+](Cc1ccccc1)(Cc1ccccc1)Cc1ccccc1. The molecule has 3 aromatic carbocycles. The van der Waals surface area contributed by atoms with Gasteiger partial charge in [0.05, 0.1) is 6.54 Å². The Kier molecular flexibility index (Phi) is 16.2. The van der Waals surface area contributed by atoms with Crippen molar-refractivity contribution in [2.24, 2.45) is 0 Å². The van der Waals surface area contributed by atoms with Crippen LogP contribution in [0, 0.1) is 0 Å². The summed E-state index contributed by atoms with van der Waals surface area (Å²) in [5.74, 6) is 0. The minimum Gasteiger partial charge on any atom is -0.312 e. The molecule has 0 amide bonds. The van der Waals surface area contributed by atoms with E-state index in [1.165, 1.54) is 113 Å². The minimum absolute atomic E-state index is 1.08. The van der Waals surface area contributed by atoms with Gasteiger partial charge < -0.3 is 4.48 Å². The second-order valence-corrected chi connectivity index (χ2v) is 11.9. The first-order valence-corrected chi connectivity index (χ1v) is 16.4. The van der Waals surface area contributed by atoms with E-state index in [2.05, 4.69) is 110 Å². The van der Waals surface area contributed by atoms with Gasteiger partial charge in [-0.05, 0) is 32.1 Å². The zero-order chi connectivity index (χ0) is 28.0. The van der Waals surface area contributed by atoms with E-state index >= 15 is 0 Å². The molecule has 0 unspecified atom stereocenters. The fraction of sp³-hybridized carbons (Fsp3) is 0.487. The maximum Gasteiger partial charge on any atom is 0.105 e. The van der Waals surface area contributed by atoms with Crippen LogP contribution in [0.3, 0.4) is 0 Å². The van der Waals surface area contributed by atoms with Crippen LogP contribution in [-0.4, -0.2) is 11.0 Å². The quantitative estimate of drug-likeness (QED) is 0.0678. The molecule has 0 aliphatic rings. The molecule has 0 heterocycles. The van der Waals surface area contributed by atoms with E-state index in [4.69, 9.17) is 0 Å². The molecule has 1 nitrogen and oxygen atoms in total. The monoisotopic (exact) mass is 538 g/mol. The zero-order valence-electron chi connectivity index (χ0n) is 25.5. The summed E-state index contributed by atoms with van der Waals surface area (Å²) in [4.78, 5) is 0. The molecule has 40 heavy (non-hydrogen) atoms. The highest BCUT2D eigenvalue weighted by Gasteiger charge is 2.28. The van der Waals surface area contributed by atoms with Crippen LogP contribution in [0.25, 0.3) is 0 Å². The highest BCUT2D eigenvalue weighted by atomic mass is 15.3. The van der Waals surface area contributed by atoms with Gasteiger partial charge in [0.1, 0.15) is 19.6 Å². The molecule has 3 aromatic rings. The number of rotatable bonds is 22. The largest absolute Gasteiger partial charge is 0.312 e. The van der Waals surface area contributed by atoms with Crippen molar-refractivity contribution in [1.82, 2.24) is 0 Å². The van der Waals surface area contributed by atoms with Crippen LogP contribution < -0.4 is 0 Å². The molecule has 216 valence electrons. The third-order valence-corrected chi connectivity index (χ3v) is 8.24. The maximum absolute atomic E-state index is 2.36. The van der Waals surface area contributed by atoms with E-state index in [-0.39, 0.29) is 0 Å². The third kappa shape index (κ3) is 13.6. The van der Waals surface area contributed by atoms with Gasteiger partial charge in [0, 0.05) is 16.7 Å². The van der Waals surface area contributed by atoms with Crippen molar-refractivity contribution in [2.45, 2.75) is 116 Å². The predicted octanol–water partition coefficient (Wildman–Crippen LogP) is 11.4. The number of nitrogens with zero attached hydrogens (tertiary/aromatic N) is 1. The van der Waals surface area contributed by atoms with Gasteiger partial charge in [0.2, 0.25) is 0 Å². The van der Waals surface area contributed by atoms with Crippen molar-refractivity contribution >= 4 is 0 Å². The standard InChI is InChI=1S/C39H56N/c1-2-3-4-5-6-7-8-9-10-11-12-13-14-15-16-26-33-40(34-37-27-20-17-21-28-37,35-38-29-22-18-23-30-38)36-39-31-24-19-25-32-39/h3-4,17-25,27-32H,2,5-16,26,33-36H2,1H3/q+1/b4-3+. The number of unbranched alkanes of at least 4 members (excludes halogenated alkanes) is 12. The van der Waals surface area contributed by atoms with Crippen LogP contribution in [-0.2, 0) is 19.6 Å². The van der Waals surface area contributed by atoms with Crippen LogP contribution >= 0.6 is 0 Å². The third-order valence-electron chi connectivity index (χ3n) is 8.24. The van der Waals surface area contributed by atoms with Gasteiger partial charge in [-0.1, -0.05) is 168 Å². The van der Waals surface area contributed by atoms with Gasteiger partial charge in [-0.2, -0.15) is 0 Å². The van der Waals surface area contributed by atoms with Crippen LogP contribution in [0.2, 0.25) is 0 Å². The molecule has 0 aliphatic carbocycles. The Morgan fingerprint density at radius 2 is 0.775 bits per heavy atom. The van der Waals surface area contributed by atoms with Gasteiger partial charge in [0.25, 0.3) is 0 Å². The lowest BCUT2D eigenvalue weighted by Gasteiger charge is -2.39. The van der Waals surface area contributed by atoms with Gasteiger partial charge in [-0.25, -0.2) is 0 Å². The smallest absolute Gasteiger partial charge is 0.105 e. The van der Waals surface area contributed by atoms with Crippen LogP contribution in [0.1, 0.15) is 114 Å². The van der Waals surface area contributed by atoms with Crippen molar-refractivity contribution in [3.05, 3.63) is 120 Å². The van der Waals surface area contributed by atoms with E-state index in [1.807, 2.05) is 0 Å². The molecule has 1 heteroatoms. The average Bonchev–Trinajstić information content (AvgIpc) is 2.98. The van der Waals surface area contributed by atoms with E-state index in [9.17, 15) is 0 Å². The Morgan fingerprint density at radius 3 is 1.15 bits per heavy atom. The number of hydrogen-bond acceptors (Lipinski definition) is 0. The molecule has 3 rings (SSSR count). The molecule has 0 saturated carbocycles. The Hall–Kier alpha value is -2.64. The molecule has 0 radical (unpaired) electrons. The summed E-state index contributed by atoms with van der Waals surface area (Å²) in [5, 5.41) is 0. The molecule has 0 N–H and O–H groups in total. The number of quaternary nitrogens is 1. The molecule has 0 fully saturated rings. The van der Waals surface area contributed by atoms with Crippen molar-refractivity contribution in [2.75, 3.05) is 6.54 Å². The predicted molar refractivity (Wildman–Crippen MR) is 175 cm³/mol. The second kappa shape index (κ2) is 20.3. The van der Waals surface area contributed by atoms with Crippen molar-refractivity contribution in [3.8, 4) is 0 Å². The lowest BCUT2D eigenvalue weighted by atomic mass is 10.0. The average molecular weight is 539 g/mol. The Bertz CT molecular complexity index is 907. The zero-order valence-corrected chi connectivity index (χ0v) is 25.5. The molecular formula is C39H56N+. The van der Waals surface area contributed by atoms with Gasteiger partial charge in [0.15, 0.2) is 0 Å². The van der Waals surface area contributed by atoms with E-state index < -0.39 is 0 Å². The van der Waals surface area contributed by atoms with Crippen LogP contribution in [0.15, 0.2) is 103 Å². The molecule has 0 saturated heterocycles. The fourth-order valence-corrected chi connectivity index (χ4v) is 6.08. The Labute approximate surface area is 246 Å². The van der Waals surface area contributed by atoms with E-state index in [1.54, 1.807) is 0 Å². The van der Waals surface area contributed by atoms with Crippen molar-refractivity contribution < 1.29 is 4.48 Å². The first kappa shape index (κ1) is 31.9. The normalized spacial score (nSPS) is 11.8. The number of allylic oxidation sites excluding steroid dienone is 2. The second-order valence-electron chi connectivity index (χ2n) is 11.9. The van der Waals surface area contributed by atoms with Gasteiger partial charge in [-0.15, -0.1) is 0 Å². The summed E-state index contributed by atoms with van der Waals surface area (Å²) in [7, 11) is 0. The molecule has 0 aliphatic heterocycles. The van der Waals surface area contributed by atoms with Gasteiger partial charge in [-0.3, -0.25) is 0 Å². The molecule has 0 bridgehead atoms. The lowest BCUT2D eigenvalue weighted by molar-refractivity contribution is -0.966. The summed E-state index contributed by atoms with van der Waals surface area (Å²) in [6.45, 7) is 6.70. The summed E-state index contributed by atoms with van der Waals surface area (Å²) >= 11 is 0. The summed E-state index contributed by atoms with van der Waals surface area (Å²) in [5.41, 5.74) is 4.34. The summed E-state index contributed by atoms with van der Waals surface area (Å²) in [6, 6.07) is 33.5. The Balaban J connectivity index is 1.43. The maximum atomic E-state index is 2.36. The highest BCUT2D eigenvalue weighted by Crippen LogP contribution is 2.26. The van der Waals surface area contributed by atoms with Crippen molar-refractivity contribution in [1.29, 1.82) is 0 Å². The molecule has 0 spiro atoms. The first-order chi connectivity index (χ1) is 19.8. The highest BCUT2D eigenvalue weighted by molar-refractivity contribution is 5.17. The summed E-state index contributed by atoms with van der Waals surface area (Å²) < 4.78 is 1.09. The van der Waals surface area contributed by atoms with Crippen molar-refractivity contribution in [3.63, 3.8) is 0 Å². The molecule has 0 atom stereocenters. The topological polar surface area (TPSA) is 0 Å². The summed E-state index contributed by atoms with van der Waals surface area (Å²) in [6.07, 6.45) is 23.9. The lowest BCUT2D eigenvalue weighted by Crippen LogP contribution is -2.46.